The standard InChI is InChI=1S/C22H24N4O3S/c1-15(12-18(23)22(28)25-24-16-8-4-3-5-9-16)26-13-20(30-14-21(27)29-2)17-10-6-7-11-19(17)26/h3-13,15,24H,14,23H2,1-2H3,(H,25,28)/b18-12-. The van der Waals surface area contributed by atoms with E-state index in [0.29, 0.717) is 0 Å². The molecule has 1 unspecified atom stereocenters. The zero-order valence-corrected chi connectivity index (χ0v) is 17.6. The van der Waals surface area contributed by atoms with Crippen LogP contribution in [0.3, 0.4) is 0 Å². The Balaban J connectivity index is 1.75. The summed E-state index contributed by atoms with van der Waals surface area (Å²) in [5, 5.41) is 1.03. The van der Waals surface area contributed by atoms with Gasteiger partial charge >= 0.3 is 5.97 Å². The fourth-order valence-corrected chi connectivity index (χ4v) is 3.87. The minimum atomic E-state index is -0.414. The third-order valence-electron chi connectivity index (χ3n) is 4.49. The van der Waals surface area contributed by atoms with Gasteiger partial charge in [0.2, 0.25) is 0 Å². The van der Waals surface area contributed by atoms with Gasteiger partial charge < -0.3 is 15.0 Å². The van der Waals surface area contributed by atoms with Crippen molar-refractivity contribution in [2.24, 2.45) is 5.73 Å². The van der Waals surface area contributed by atoms with E-state index in [9.17, 15) is 9.59 Å². The molecule has 3 rings (SSSR count). The van der Waals surface area contributed by atoms with Crippen molar-refractivity contribution in [1.29, 1.82) is 0 Å². The van der Waals surface area contributed by atoms with Crippen LogP contribution in [-0.2, 0) is 14.3 Å². The first-order valence-electron chi connectivity index (χ1n) is 9.37. The summed E-state index contributed by atoms with van der Waals surface area (Å²) in [5.41, 5.74) is 13.3. The van der Waals surface area contributed by atoms with Crippen LogP contribution in [0.5, 0.6) is 0 Å². The summed E-state index contributed by atoms with van der Waals surface area (Å²) in [6, 6.07) is 17.0. The van der Waals surface area contributed by atoms with Gasteiger partial charge in [-0.2, -0.15) is 0 Å². The molecular formula is C22H24N4O3S. The molecular weight excluding hydrogens is 400 g/mol. The van der Waals surface area contributed by atoms with E-state index < -0.39 is 5.91 Å². The number of anilines is 1. The highest BCUT2D eigenvalue weighted by Gasteiger charge is 2.15. The van der Waals surface area contributed by atoms with E-state index in [1.54, 1.807) is 6.08 Å². The van der Waals surface area contributed by atoms with Crippen LogP contribution in [-0.4, -0.2) is 29.3 Å². The lowest BCUT2D eigenvalue weighted by Crippen LogP contribution is -2.33. The van der Waals surface area contributed by atoms with Gasteiger partial charge in [-0.25, -0.2) is 0 Å². The molecule has 2 aromatic carbocycles. The molecule has 7 nitrogen and oxygen atoms in total. The maximum absolute atomic E-state index is 12.3. The Morgan fingerprint density at radius 3 is 2.60 bits per heavy atom. The van der Waals surface area contributed by atoms with Crippen LogP contribution in [0.2, 0.25) is 0 Å². The average molecular weight is 425 g/mol. The minimum absolute atomic E-state index is 0.104. The van der Waals surface area contributed by atoms with Gasteiger partial charge in [0.05, 0.1) is 30.3 Å². The Bertz CT molecular complexity index is 1060. The first-order chi connectivity index (χ1) is 14.5. The van der Waals surface area contributed by atoms with Crippen LogP contribution in [0.15, 0.2) is 77.5 Å². The number of nitrogens with one attached hydrogen (secondary N) is 2. The zero-order chi connectivity index (χ0) is 21.5. The SMILES string of the molecule is COC(=O)CSc1cn(C(C)/C=C(\N)C(=O)NNc2ccccc2)c2ccccc12. The number of methoxy groups -OCH3 is 1. The van der Waals surface area contributed by atoms with Gasteiger partial charge in [-0.1, -0.05) is 36.4 Å². The molecule has 0 radical (unpaired) electrons. The molecule has 1 aromatic heterocycles. The molecule has 156 valence electrons. The van der Waals surface area contributed by atoms with E-state index in [-0.39, 0.29) is 23.5 Å². The fourth-order valence-electron chi connectivity index (χ4n) is 2.96. The maximum atomic E-state index is 12.3. The van der Waals surface area contributed by atoms with Crippen LogP contribution in [0, 0.1) is 0 Å². The number of thioether (sulfide) groups is 1. The lowest BCUT2D eigenvalue weighted by Gasteiger charge is -2.13. The van der Waals surface area contributed by atoms with Crippen molar-refractivity contribution in [3.05, 3.63) is 72.6 Å². The summed E-state index contributed by atoms with van der Waals surface area (Å²) < 4.78 is 6.76. The second kappa shape index (κ2) is 9.89. The molecule has 0 saturated carbocycles. The van der Waals surface area contributed by atoms with Crippen LogP contribution < -0.4 is 16.6 Å². The predicted molar refractivity (Wildman–Crippen MR) is 120 cm³/mol. The summed E-state index contributed by atoms with van der Waals surface area (Å²) in [6.07, 6.45) is 3.66. The normalized spacial score (nSPS) is 12.4. The number of ether oxygens (including phenoxy) is 1. The van der Waals surface area contributed by atoms with Gasteiger partial charge in [-0.05, 0) is 31.2 Å². The van der Waals surface area contributed by atoms with Gasteiger partial charge in [0.1, 0.15) is 0 Å². The van der Waals surface area contributed by atoms with Crippen molar-refractivity contribution in [2.45, 2.75) is 17.9 Å². The number of nitrogens with zero attached hydrogens (tertiary/aromatic N) is 1. The van der Waals surface area contributed by atoms with Crippen LogP contribution >= 0.6 is 11.8 Å². The molecule has 1 heterocycles. The van der Waals surface area contributed by atoms with Gasteiger partial charge in [0.25, 0.3) is 5.91 Å². The number of carbonyl (C=O) groups excluding carboxylic acids is 2. The monoisotopic (exact) mass is 424 g/mol. The number of hydrogen-bond acceptors (Lipinski definition) is 6. The third kappa shape index (κ3) is 5.15. The van der Waals surface area contributed by atoms with Crippen LogP contribution in [0.25, 0.3) is 10.9 Å². The van der Waals surface area contributed by atoms with E-state index in [1.807, 2.05) is 72.3 Å². The number of hydrazine groups is 1. The molecule has 30 heavy (non-hydrogen) atoms. The second-order valence-electron chi connectivity index (χ2n) is 6.59. The molecule has 0 fully saturated rings. The third-order valence-corrected chi connectivity index (χ3v) is 5.51. The number of fused-ring (bicyclic) bond motifs is 1. The van der Waals surface area contributed by atoms with Crippen molar-refractivity contribution in [3.63, 3.8) is 0 Å². The van der Waals surface area contributed by atoms with Crippen molar-refractivity contribution >= 4 is 40.2 Å². The Morgan fingerprint density at radius 2 is 1.87 bits per heavy atom. The number of esters is 1. The molecule has 0 aliphatic carbocycles. The summed E-state index contributed by atoms with van der Waals surface area (Å²) in [4.78, 5) is 24.8. The highest BCUT2D eigenvalue weighted by Crippen LogP contribution is 2.32. The number of amides is 1. The number of allylic oxidation sites excluding steroid dienone is 1. The summed E-state index contributed by atoms with van der Waals surface area (Å²) >= 11 is 1.42. The Morgan fingerprint density at radius 1 is 1.17 bits per heavy atom. The second-order valence-corrected chi connectivity index (χ2v) is 7.61. The summed E-state index contributed by atoms with van der Waals surface area (Å²) in [5.74, 6) is -0.469. The topological polar surface area (TPSA) is 98.4 Å². The summed E-state index contributed by atoms with van der Waals surface area (Å²) in [6.45, 7) is 1.95. The lowest BCUT2D eigenvalue weighted by molar-refractivity contribution is -0.137. The molecule has 8 heteroatoms. The molecule has 0 bridgehead atoms. The Labute approximate surface area is 179 Å². The van der Waals surface area contributed by atoms with Crippen LogP contribution in [0.1, 0.15) is 13.0 Å². The predicted octanol–water partition coefficient (Wildman–Crippen LogP) is 3.45. The van der Waals surface area contributed by atoms with E-state index in [1.165, 1.54) is 18.9 Å². The molecule has 4 N–H and O–H groups in total. The van der Waals surface area contributed by atoms with Crippen molar-refractivity contribution < 1.29 is 14.3 Å². The zero-order valence-electron chi connectivity index (χ0n) is 16.8. The molecule has 0 spiro atoms. The highest BCUT2D eigenvalue weighted by atomic mass is 32.2. The molecule has 0 saturated heterocycles. The van der Waals surface area contributed by atoms with Gasteiger partial charge in [0, 0.05) is 22.0 Å². The lowest BCUT2D eigenvalue weighted by atomic mass is 10.2. The van der Waals surface area contributed by atoms with Gasteiger partial charge in [0.15, 0.2) is 0 Å². The largest absolute Gasteiger partial charge is 0.468 e. The van der Waals surface area contributed by atoms with E-state index in [2.05, 4.69) is 10.9 Å². The molecule has 0 aliphatic heterocycles. The minimum Gasteiger partial charge on any atom is -0.468 e. The molecule has 1 atom stereocenters. The number of hydrogen-bond donors (Lipinski definition) is 3. The number of benzene rings is 2. The maximum Gasteiger partial charge on any atom is 0.315 e. The number of rotatable bonds is 8. The van der Waals surface area contributed by atoms with Gasteiger partial charge in [-0.15, -0.1) is 11.8 Å². The van der Waals surface area contributed by atoms with Gasteiger partial charge in [-0.3, -0.25) is 20.4 Å². The first kappa shape index (κ1) is 21.3. The smallest absolute Gasteiger partial charge is 0.315 e. The van der Waals surface area contributed by atoms with E-state index in [0.717, 1.165) is 21.5 Å². The molecule has 1 amide bonds. The number of nitrogens with two attached hydrogens (primary N) is 1. The number of carbonyl (C=O) groups is 2. The van der Waals surface area contributed by atoms with Crippen molar-refractivity contribution in [3.8, 4) is 0 Å². The van der Waals surface area contributed by atoms with Crippen molar-refractivity contribution in [1.82, 2.24) is 9.99 Å². The average Bonchev–Trinajstić information content (AvgIpc) is 3.15. The quantitative estimate of drug-likeness (QED) is 0.222. The fraction of sp³-hybridized carbons (Fsp3) is 0.182. The Kier molecular flexibility index (Phi) is 7.03. The number of aromatic nitrogens is 1. The van der Waals surface area contributed by atoms with E-state index >= 15 is 0 Å². The molecule has 0 aliphatic rings. The van der Waals surface area contributed by atoms with E-state index in [4.69, 9.17) is 10.5 Å². The number of para-hydroxylation sites is 2. The van der Waals surface area contributed by atoms with Crippen molar-refractivity contribution in [2.75, 3.05) is 18.3 Å². The molecule has 3 aromatic rings. The van der Waals surface area contributed by atoms with Crippen LogP contribution in [0.4, 0.5) is 5.69 Å². The summed E-state index contributed by atoms with van der Waals surface area (Å²) in [7, 11) is 1.37. The Hall–Kier alpha value is -3.39. The highest BCUT2D eigenvalue weighted by molar-refractivity contribution is 8.00. The first-order valence-corrected chi connectivity index (χ1v) is 10.4.